The number of hydrogen-bond acceptors (Lipinski definition) is 12. The number of alkyl carbamates (subject to hydrolysis) is 1. The molecule has 310 valence electrons. The number of aromatic nitrogens is 1. The number of fused-ring (bicyclic) bond motifs is 3. The largest absolute Gasteiger partial charge is 0.497 e. The fraction of sp³-hybridized carbons (Fsp3) is 0.625. The summed E-state index contributed by atoms with van der Waals surface area (Å²) in [6.45, 7) is 7.54. The quantitative estimate of drug-likeness (QED) is 0.330. The van der Waals surface area contributed by atoms with Crippen molar-refractivity contribution in [2.24, 2.45) is 5.92 Å². The van der Waals surface area contributed by atoms with Crippen molar-refractivity contribution in [1.29, 1.82) is 0 Å². The number of amides is 4. The average molecular weight is 811 g/mol. The van der Waals surface area contributed by atoms with Gasteiger partial charge in [-0.3, -0.25) is 19.1 Å². The minimum atomic E-state index is -3.90. The van der Waals surface area contributed by atoms with Gasteiger partial charge < -0.3 is 39.4 Å². The second-order valence-corrected chi connectivity index (χ2v) is 18.6. The number of carbonyl (C=O) groups is 4. The van der Waals surface area contributed by atoms with Gasteiger partial charge in [0.15, 0.2) is 0 Å². The predicted molar refractivity (Wildman–Crippen MR) is 210 cm³/mol. The number of rotatable bonds is 8. The molecule has 16 nitrogen and oxygen atoms in total. The highest BCUT2D eigenvalue weighted by Crippen LogP contribution is 2.46. The van der Waals surface area contributed by atoms with E-state index in [1.165, 1.54) is 4.90 Å². The number of ether oxygens (including phenoxy) is 4. The molecule has 4 amide bonds. The van der Waals surface area contributed by atoms with Gasteiger partial charge in [-0.15, -0.1) is 0 Å². The zero-order valence-electron chi connectivity index (χ0n) is 33.1. The van der Waals surface area contributed by atoms with Gasteiger partial charge in [-0.05, 0) is 88.9 Å². The normalized spacial score (nSPS) is 27.3. The van der Waals surface area contributed by atoms with Crippen molar-refractivity contribution in [1.82, 2.24) is 25.2 Å². The second-order valence-electron chi connectivity index (χ2n) is 16.7. The number of hydrogen-bond donors (Lipinski definition) is 3. The molecule has 2 aliphatic carbocycles. The fourth-order valence-electron chi connectivity index (χ4n) is 7.82. The molecule has 5 aliphatic rings. The molecule has 5 atom stereocenters. The number of carbonyl (C=O) groups excluding carboxylic acids is 4. The summed E-state index contributed by atoms with van der Waals surface area (Å²) in [6.07, 6.45) is 6.69. The van der Waals surface area contributed by atoms with Crippen molar-refractivity contribution in [2.45, 2.75) is 113 Å². The Morgan fingerprint density at radius 1 is 1.05 bits per heavy atom. The summed E-state index contributed by atoms with van der Waals surface area (Å²) in [5.41, 5.74) is -2.33. The van der Waals surface area contributed by atoms with Crippen LogP contribution < -0.4 is 29.7 Å². The Morgan fingerprint density at radius 3 is 2.54 bits per heavy atom. The molecule has 17 heteroatoms. The van der Waals surface area contributed by atoms with Crippen LogP contribution in [0.3, 0.4) is 0 Å². The lowest BCUT2D eigenvalue weighted by atomic mass is 10.0. The first kappa shape index (κ1) is 40.6. The number of benzene rings is 1. The van der Waals surface area contributed by atoms with Crippen LogP contribution in [-0.2, 0) is 33.9 Å². The van der Waals surface area contributed by atoms with Crippen molar-refractivity contribution in [3.63, 3.8) is 0 Å². The summed E-state index contributed by atoms with van der Waals surface area (Å²) in [5, 5.41) is 6.56. The molecule has 7 rings (SSSR count). The number of anilines is 1. The summed E-state index contributed by atoms with van der Waals surface area (Å²) in [4.78, 5) is 64.5. The van der Waals surface area contributed by atoms with Gasteiger partial charge in [-0.25, -0.2) is 13.2 Å². The highest BCUT2D eigenvalue weighted by molar-refractivity contribution is 7.91. The molecule has 2 aromatic rings. The average Bonchev–Trinajstić information content (AvgIpc) is 4.09. The Bertz CT molecular complexity index is 2010. The molecular weight excluding hydrogens is 757 g/mol. The van der Waals surface area contributed by atoms with E-state index in [4.69, 9.17) is 23.9 Å². The number of nitrogens with zero attached hydrogens (tertiary/aromatic N) is 3. The summed E-state index contributed by atoms with van der Waals surface area (Å²) in [5.74, 6) is -0.696. The van der Waals surface area contributed by atoms with Gasteiger partial charge >= 0.3 is 6.09 Å². The molecule has 57 heavy (non-hydrogen) atoms. The Morgan fingerprint density at radius 2 is 1.82 bits per heavy atom. The Kier molecular flexibility index (Phi) is 11.6. The summed E-state index contributed by atoms with van der Waals surface area (Å²) >= 11 is 0. The van der Waals surface area contributed by atoms with Crippen LogP contribution in [0.4, 0.5) is 10.6 Å². The molecule has 0 radical (unpaired) electrons. The lowest BCUT2D eigenvalue weighted by Crippen LogP contribution is -2.58. The fourth-order valence-corrected chi connectivity index (χ4v) is 9.18. The van der Waals surface area contributed by atoms with E-state index < -0.39 is 74.3 Å². The molecule has 3 aliphatic heterocycles. The maximum Gasteiger partial charge on any atom is 0.408 e. The number of pyridine rings is 1. The molecule has 2 saturated carbocycles. The van der Waals surface area contributed by atoms with Crippen LogP contribution in [-0.4, -0.2) is 117 Å². The number of methoxy groups -OCH3 is 1. The van der Waals surface area contributed by atoms with Crippen molar-refractivity contribution >= 4 is 50.4 Å². The van der Waals surface area contributed by atoms with E-state index in [0.717, 1.165) is 18.2 Å². The van der Waals surface area contributed by atoms with Gasteiger partial charge in [0.1, 0.15) is 40.9 Å². The summed E-state index contributed by atoms with van der Waals surface area (Å²) < 4.78 is 51.3. The van der Waals surface area contributed by atoms with E-state index >= 15 is 0 Å². The van der Waals surface area contributed by atoms with Gasteiger partial charge in [0.05, 0.1) is 32.1 Å². The monoisotopic (exact) mass is 810 g/mol. The van der Waals surface area contributed by atoms with Gasteiger partial charge in [0, 0.05) is 30.8 Å². The molecule has 4 fully saturated rings. The van der Waals surface area contributed by atoms with E-state index in [1.54, 1.807) is 27.9 Å². The van der Waals surface area contributed by atoms with Crippen molar-refractivity contribution in [3.05, 3.63) is 36.4 Å². The van der Waals surface area contributed by atoms with Gasteiger partial charge in [-0.2, -0.15) is 4.98 Å². The smallest absolute Gasteiger partial charge is 0.408 e. The van der Waals surface area contributed by atoms with Crippen LogP contribution in [0.15, 0.2) is 36.4 Å². The molecule has 2 unspecified atom stereocenters. The van der Waals surface area contributed by atoms with Gasteiger partial charge in [0.25, 0.3) is 5.91 Å². The van der Waals surface area contributed by atoms with Gasteiger partial charge in [0.2, 0.25) is 27.7 Å². The molecular formula is C40H54N6O10S. The number of sulfonamides is 1. The van der Waals surface area contributed by atoms with Crippen LogP contribution in [0.2, 0.25) is 0 Å². The SMILES string of the molecule is COc1ccc2c(OC3C[C@H]4C(=O)N[C@]5(C(=O)NS(=O)(=O)C6CC6)CC5C=CCCCCC[C@H](NC(=O)OC(C)(C)C)C(=O)N4C3)nc(N3CCOCC3)cc2c1. The lowest BCUT2D eigenvalue weighted by molar-refractivity contribution is -0.141. The predicted octanol–water partition coefficient (Wildman–Crippen LogP) is 3.33. The van der Waals surface area contributed by atoms with Gasteiger partial charge in [-0.1, -0.05) is 25.0 Å². The molecule has 1 aromatic carbocycles. The van der Waals surface area contributed by atoms with Crippen LogP contribution in [0.25, 0.3) is 10.8 Å². The number of allylic oxidation sites excluding steroid dienone is 1. The molecule has 4 heterocycles. The van der Waals surface area contributed by atoms with Crippen molar-refractivity contribution in [3.8, 4) is 11.6 Å². The lowest BCUT2D eigenvalue weighted by Gasteiger charge is -2.30. The van der Waals surface area contributed by atoms with E-state index in [0.29, 0.717) is 81.2 Å². The third-order valence-electron chi connectivity index (χ3n) is 11.1. The first-order valence-corrected chi connectivity index (χ1v) is 21.5. The molecule has 0 bridgehead atoms. The first-order chi connectivity index (χ1) is 27.2. The van der Waals surface area contributed by atoms with Crippen molar-refractivity contribution < 1.29 is 46.5 Å². The minimum absolute atomic E-state index is 0.0247. The maximum atomic E-state index is 14.6. The zero-order chi connectivity index (χ0) is 40.5. The van der Waals surface area contributed by atoms with E-state index in [2.05, 4.69) is 20.3 Å². The minimum Gasteiger partial charge on any atom is -0.497 e. The third-order valence-corrected chi connectivity index (χ3v) is 13.0. The maximum absolute atomic E-state index is 14.6. The Hall–Kier alpha value is -4.64. The Labute approximate surface area is 333 Å². The zero-order valence-corrected chi connectivity index (χ0v) is 33.9. The van der Waals surface area contributed by atoms with E-state index in [1.807, 2.05) is 36.4 Å². The Balaban J connectivity index is 1.21. The summed E-state index contributed by atoms with van der Waals surface area (Å²) in [6, 6.07) is 5.38. The number of nitrogens with one attached hydrogen (secondary N) is 3. The number of morpholine rings is 1. The highest BCUT2D eigenvalue weighted by Gasteiger charge is 2.62. The topological polar surface area (TPSA) is 195 Å². The van der Waals surface area contributed by atoms with E-state index in [-0.39, 0.29) is 19.4 Å². The molecule has 3 N–H and O–H groups in total. The standard InChI is InChI=1S/C40H54N6O10S/c1-39(2,3)56-38(50)41-31-11-9-7-5-6-8-10-26-23-40(26,37(49)44-57(51,52)29-13-14-29)43-34(47)32-22-28(24-46(32)36(31)48)55-35-30-15-12-27(53-4)20-25(30)21-33(42-35)45-16-18-54-19-17-45/h8,10,12,15,20-21,26,28-29,31-32H,5-7,9,11,13-14,16-19,22-24H2,1-4H3,(H,41,50)(H,43,47)(H,44,49)/t26?,28?,31-,32-,40+/m0/s1. The molecule has 2 saturated heterocycles. The van der Waals surface area contributed by atoms with Crippen LogP contribution in [0, 0.1) is 5.92 Å². The molecule has 1 aromatic heterocycles. The van der Waals surface area contributed by atoms with Crippen LogP contribution in [0.1, 0.15) is 78.6 Å². The van der Waals surface area contributed by atoms with Crippen LogP contribution >= 0.6 is 0 Å². The third kappa shape index (κ3) is 9.40. The van der Waals surface area contributed by atoms with Crippen LogP contribution in [0.5, 0.6) is 11.6 Å². The second kappa shape index (κ2) is 16.3. The first-order valence-electron chi connectivity index (χ1n) is 20.0. The van der Waals surface area contributed by atoms with E-state index in [9.17, 15) is 27.6 Å². The van der Waals surface area contributed by atoms with Crippen molar-refractivity contribution in [2.75, 3.05) is 44.9 Å². The highest BCUT2D eigenvalue weighted by atomic mass is 32.2. The summed E-state index contributed by atoms with van der Waals surface area (Å²) in [7, 11) is -2.31. The molecule has 0 spiro atoms.